The second-order valence-electron chi connectivity index (χ2n) is 5.29. The van der Waals surface area contributed by atoms with E-state index in [0.717, 1.165) is 27.8 Å². The van der Waals surface area contributed by atoms with Crippen molar-refractivity contribution in [3.05, 3.63) is 63.6 Å². The lowest BCUT2D eigenvalue weighted by Gasteiger charge is -2.25. The highest BCUT2D eigenvalue weighted by atomic mass is 79.9. The summed E-state index contributed by atoms with van der Waals surface area (Å²) in [5.74, 6) is 1.13. The second-order valence-corrected chi connectivity index (χ2v) is 6.15. The summed E-state index contributed by atoms with van der Waals surface area (Å²) in [7, 11) is 1.70. The fraction of sp³-hybridized carbons (Fsp3) is 0.333. The molecule has 2 aromatic rings. The van der Waals surface area contributed by atoms with Crippen molar-refractivity contribution < 1.29 is 4.74 Å². The van der Waals surface area contributed by atoms with Crippen LogP contribution < -0.4 is 10.5 Å². The van der Waals surface area contributed by atoms with Gasteiger partial charge in [0.1, 0.15) is 5.75 Å². The fourth-order valence-electron chi connectivity index (χ4n) is 2.72. The van der Waals surface area contributed by atoms with Crippen molar-refractivity contribution in [2.75, 3.05) is 7.11 Å². The summed E-state index contributed by atoms with van der Waals surface area (Å²) in [6.45, 7) is 4.23. The number of aryl methyl sites for hydroxylation is 1. The van der Waals surface area contributed by atoms with Gasteiger partial charge >= 0.3 is 0 Å². The zero-order valence-corrected chi connectivity index (χ0v) is 14.4. The number of nitrogens with two attached hydrogens (primary N) is 1. The minimum atomic E-state index is -0.0933. The second kappa shape index (κ2) is 7.10. The highest BCUT2D eigenvalue weighted by molar-refractivity contribution is 9.10. The van der Waals surface area contributed by atoms with E-state index in [1.54, 1.807) is 7.11 Å². The van der Waals surface area contributed by atoms with Crippen molar-refractivity contribution in [1.82, 2.24) is 0 Å². The minimum absolute atomic E-state index is 0.0933. The van der Waals surface area contributed by atoms with Crippen LogP contribution in [0, 0.1) is 6.92 Å². The Balaban J connectivity index is 2.42. The summed E-state index contributed by atoms with van der Waals surface area (Å²) in [5, 5.41) is 0. The van der Waals surface area contributed by atoms with Gasteiger partial charge in [0.25, 0.3) is 0 Å². The summed E-state index contributed by atoms with van der Waals surface area (Å²) in [4.78, 5) is 0. The lowest BCUT2D eigenvalue weighted by molar-refractivity contribution is 0.399. The van der Waals surface area contributed by atoms with Gasteiger partial charge in [-0.05, 0) is 36.6 Å². The first-order valence-electron chi connectivity index (χ1n) is 7.23. The van der Waals surface area contributed by atoms with Crippen molar-refractivity contribution in [3.63, 3.8) is 0 Å². The monoisotopic (exact) mass is 347 g/mol. The van der Waals surface area contributed by atoms with Gasteiger partial charge in [0.05, 0.1) is 7.11 Å². The molecule has 2 rings (SSSR count). The lowest BCUT2D eigenvalue weighted by atomic mass is 9.85. The molecule has 2 nitrogen and oxygen atoms in total. The molecule has 112 valence electrons. The Kier molecular flexibility index (Phi) is 5.43. The van der Waals surface area contributed by atoms with Crippen LogP contribution in [0.15, 0.2) is 46.9 Å². The number of hydrogen-bond acceptors (Lipinski definition) is 2. The molecule has 0 radical (unpaired) electrons. The van der Waals surface area contributed by atoms with Crippen molar-refractivity contribution in [3.8, 4) is 5.75 Å². The van der Waals surface area contributed by atoms with Gasteiger partial charge in [-0.25, -0.2) is 0 Å². The van der Waals surface area contributed by atoms with Crippen LogP contribution in [0.25, 0.3) is 0 Å². The molecule has 2 N–H and O–H groups in total. The molecule has 0 aliphatic rings. The summed E-state index contributed by atoms with van der Waals surface area (Å²) in [5.41, 5.74) is 10.0. The van der Waals surface area contributed by atoms with E-state index >= 15 is 0 Å². The maximum atomic E-state index is 6.58. The largest absolute Gasteiger partial charge is 0.496 e. The maximum absolute atomic E-state index is 6.58. The SMILES string of the molecule is CCC(c1ccccc1)C(N)c1cc(Br)c(C)cc1OC. The predicted molar refractivity (Wildman–Crippen MR) is 91.8 cm³/mol. The standard InChI is InChI=1S/C18H22BrNO/c1-4-14(13-8-6-5-7-9-13)18(20)15-11-16(19)12(2)10-17(15)21-3/h5-11,14,18H,4,20H2,1-3H3. The van der Waals surface area contributed by atoms with E-state index in [1.165, 1.54) is 5.56 Å². The van der Waals surface area contributed by atoms with E-state index in [2.05, 4.69) is 60.1 Å². The summed E-state index contributed by atoms with van der Waals surface area (Å²) >= 11 is 3.59. The predicted octanol–water partition coefficient (Wildman–Crippen LogP) is 4.96. The molecular weight excluding hydrogens is 326 g/mol. The van der Waals surface area contributed by atoms with Gasteiger partial charge in [-0.3, -0.25) is 0 Å². The van der Waals surface area contributed by atoms with Gasteiger partial charge in [0.2, 0.25) is 0 Å². The molecule has 0 bridgehead atoms. The minimum Gasteiger partial charge on any atom is -0.496 e. The molecule has 0 aliphatic carbocycles. The Hall–Kier alpha value is -1.32. The van der Waals surface area contributed by atoms with Crippen molar-refractivity contribution >= 4 is 15.9 Å². The zero-order valence-electron chi connectivity index (χ0n) is 12.8. The van der Waals surface area contributed by atoms with Crippen LogP contribution in [0.4, 0.5) is 0 Å². The van der Waals surface area contributed by atoms with Crippen LogP contribution in [-0.4, -0.2) is 7.11 Å². The third kappa shape index (κ3) is 3.47. The number of halogens is 1. The molecule has 0 aliphatic heterocycles. The number of ether oxygens (including phenoxy) is 1. The molecule has 3 heteroatoms. The van der Waals surface area contributed by atoms with Gasteiger partial charge < -0.3 is 10.5 Å². The first-order chi connectivity index (χ1) is 10.1. The third-order valence-corrected chi connectivity index (χ3v) is 4.83. The quantitative estimate of drug-likeness (QED) is 0.829. The molecule has 0 aromatic heterocycles. The zero-order chi connectivity index (χ0) is 15.4. The van der Waals surface area contributed by atoms with E-state index in [9.17, 15) is 0 Å². The van der Waals surface area contributed by atoms with Gasteiger partial charge in [-0.15, -0.1) is 0 Å². The Morgan fingerprint density at radius 3 is 2.43 bits per heavy atom. The highest BCUT2D eigenvalue weighted by Gasteiger charge is 2.23. The molecule has 0 amide bonds. The van der Waals surface area contributed by atoms with Gasteiger partial charge in [0, 0.05) is 22.0 Å². The van der Waals surface area contributed by atoms with Crippen LogP contribution in [0.2, 0.25) is 0 Å². The van der Waals surface area contributed by atoms with E-state index in [4.69, 9.17) is 10.5 Å². The molecule has 2 unspecified atom stereocenters. The number of benzene rings is 2. The van der Waals surface area contributed by atoms with Gasteiger partial charge in [0.15, 0.2) is 0 Å². The van der Waals surface area contributed by atoms with E-state index in [-0.39, 0.29) is 12.0 Å². The molecule has 0 heterocycles. The molecule has 2 aromatic carbocycles. The summed E-state index contributed by atoms with van der Waals surface area (Å²) < 4.78 is 6.60. The number of hydrogen-bond donors (Lipinski definition) is 1. The van der Waals surface area contributed by atoms with Crippen LogP contribution in [0.5, 0.6) is 5.75 Å². The number of methoxy groups -OCH3 is 1. The topological polar surface area (TPSA) is 35.2 Å². The fourth-order valence-corrected chi connectivity index (χ4v) is 3.08. The molecule has 0 saturated heterocycles. The van der Waals surface area contributed by atoms with E-state index < -0.39 is 0 Å². The van der Waals surface area contributed by atoms with E-state index in [0.29, 0.717) is 0 Å². The van der Waals surface area contributed by atoms with Crippen LogP contribution in [0.3, 0.4) is 0 Å². The molecule has 0 spiro atoms. The van der Waals surface area contributed by atoms with Gasteiger partial charge in [-0.1, -0.05) is 53.2 Å². The Morgan fingerprint density at radius 1 is 1.19 bits per heavy atom. The first-order valence-corrected chi connectivity index (χ1v) is 8.02. The van der Waals surface area contributed by atoms with Gasteiger partial charge in [-0.2, -0.15) is 0 Å². The normalized spacial score (nSPS) is 13.8. The average molecular weight is 348 g/mol. The van der Waals surface area contributed by atoms with E-state index in [1.807, 2.05) is 12.1 Å². The molecule has 0 saturated carbocycles. The Morgan fingerprint density at radius 2 is 1.86 bits per heavy atom. The molecule has 0 fully saturated rings. The van der Waals surface area contributed by atoms with Crippen LogP contribution in [-0.2, 0) is 0 Å². The highest BCUT2D eigenvalue weighted by Crippen LogP contribution is 2.38. The number of rotatable bonds is 5. The molecular formula is C18H22BrNO. The van der Waals surface area contributed by atoms with Crippen LogP contribution >= 0.6 is 15.9 Å². The lowest BCUT2D eigenvalue weighted by Crippen LogP contribution is -2.20. The van der Waals surface area contributed by atoms with Crippen molar-refractivity contribution in [1.29, 1.82) is 0 Å². The summed E-state index contributed by atoms with van der Waals surface area (Å²) in [6.07, 6.45) is 0.986. The smallest absolute Gasteiger partial charge is 0.123 e. The third-order valence-electron chi connectivity index (χ3n) is 3.97. The summed E-state index contributed by atoms with van der Waals surface area (Å²) in [6, 6.07) is 14.5. The Labute approximate surface area is 135 Å². The van der Waals surface area contributed by atoms with Crippen molar-refractivity contribution in [2.45, 2.75) is 32.2 Å². The molecule has 21 heavy (non-hydrogen) atoms. The first kappa shape index (κ1) is 16.1. The average Bonchev–Trinajstić information content (AvgIpc) is 2.51. The Bertz CT molecular complexity index is 598. The van der Waals surface area contributed by atoms with Crippen molar-refractivity contribution in [2.24, 2.45) is 5.73 Å². The van der Waals surface area contributed by atoms with Crippen LogP contribution in [0.1, 0.15) is 42.0 Å². The molecule has 2 atom stereocenters. The maximum Gasteiger partial charge on any atom is 0.123 e.